The quantitative estimate of drug-likeness (QED) is 0.800. The van der Waals surface area contributed by atoms with Crippen molar-refractivity contribution in [1.82, 2.24) is 0 Å². The van der Waals surface area contributed by atoms with Gasteiger partial charge in [0.1, 0.15) is 0 Å². The number of carbonyl (C=O) groups is 1. The molecule has 0 bridgehead atoms. The van der Waals surface area contributed by atoms with E-state index in [1.807, 2.05) is 48.5 Å². The predicted molar refractivity (Wildman–Crippen MR) is 89.0 cm³/mol. The van der Waals surface area contributed by atoms with E-state index in [2.05, 4.69) is 0 Å². The van der Waals surface area contributed by atoms with E-state index in [4.69, 9.17) is 9.47 Å². The molecule has 0 aliphatic carbocycles. The summed E-state index contributed by atoms with van der Waals surface area (Å²) in [5.41, 5.74) is 2.52. The molecule has 3 rings (SSSR count). The molecule has 0 fully saturated rings. The summed E-state index contributed by atoms with van der Waals surface area (Å²) in [5, 5.41) is 0. The Bertz CT molecular complexity index is 750. The SMILES string of the molecule is COc1ccc(/C=C2\CSc3ccccc3C2=O)cc1OC. The van der Waals surface area contributed by atoms with Crippen LogP contribution in [0.4, 0.5) is 0 Å². The van der Waals surface area contributed by atoms with Gasteiger partial charge in [0, 0.05) is 21.8 Å². The summed E-state index contributed by atoms with van der Waals surface area (Å²) in [6.45, 7) is 0. The summed E-state index contributed by atoms with van der Waals surface area (Å²) in [5.74, 6) is 2.13. The monoisotopic (exact) mass is 312 g/mol. The number of benzene rings is 2. The van der Waals surface area contributed by atoms with Crippen LogP contribution in [0.2, 0.25) is 0 Å². The first-order valence-electron chi connectivity index (χ1n) is 6.92. The Morgan fingerprint density at radius 2 is 1.82 bits per heavy atom. The van der Waals surface area contributed by atoms with E-state index >= 15 is 0 Å². The highest BCUT2D eigenvalue weighted by Gasteiger charge is 2.21. The summed E-state index contributed by atoms with van der Waals surface area (Å²) in [6, 6.07) is 13.4. The fourth-order valence-corrected chi connectivity index (χ4v) is 3.44. The van der Waals surface area contributed by atoms with Crippen molar-refractivity contribution < 1.29 is 14.3 Å². The number of Topliss-reactive ketones (excluding diaryl/α,β-unsaturated/α-hetero) is 1. The van der Waals surface area contributed by atoms with Crippen molar-refractivity contribution in [1.29, 1.82) is 0 Å². The maximum Gasteiger partial charge on any atom is 0.191 e. The van der Waals surface area contributed by atoms with E-state index in [0.717, 1.165) is 21.6 Å². The van der Waals surface area contributed by atoms with Crippen LogP contribution in [-0.2, 0) is 0 Å². The molecular formula is C18H16O3S. The summed E-state index contributed by atoms with van der Waals surface area (Å²) in [4.78, 5) is 13.6. The fourth-order valence-electron chi connectivity index (χ4n) is 2.43. The second-order valence-electron chi connectivity index (χ2n) is 4.90. The van der Waals surface area contributed by atoms with Gasteiger partial charge in [-0.2, -0.15) is 0 Å². The molecule has 0 saturated carbocycles. The predicted octanol–water partition coefficient (Wildman–Crippen LogP) is 4.08. The Labute approximate surface area is 133 Å². The second kappa shape index (κ2) is 6.28. The average molecular weight is 312 g/mol. The van der Waals surface area contributed by atoms with Crippen molar-refractivity contribution in [3.63, 3.8) is 0 Å². The van der Waals surface area contributed by atoms with Gasteiger partial charge in [-0.3, -0.25) is 4.79 Å². The largest absolute Gasteiger partial charge is 0.493 e. The number of methoxy groups -OCH3 is 2. The van der Waals surface area contributed by atoms with Crippen molar-refractivity contribution >= 4 is 23.6 Å². The Morgan fingerprint density at radius 3 is 2.59 bits per heavy atom. The first-order valence-corrected chi connectivity index (χ1v) is 7.90. The number of fused-ring (bicyclic) bond motifs is 1. The Morgan fingerprint density at radius 1 is 1.05 bits per heavy atom. The molecule has 0 unspecified atom stereocenters. The summed E-state index contributed by atoms with van der Waals surface area (Å²) < 4.78 is 10.5. The van der Waals surface area contributed by atoms with Crippen molar-refractivity contribution in [3.8, 4) is 11.5 Å². The first-order chi connectivity index (χ1) is 10.7. The van der Waals surface area contributed by atoms with E-state index in [-0.39, 0.29) is 5.78 Å². The lowest BCUT2D eigenvalue weighted by Gasteiger charge is -2.16. The number of carbonyl (C=O) groups excluding carboxylic acids is 1. The van der Waals surface area contributed by atoms with Crippen molar-refractivity contribution in [2.45, 2.75) is 4.90 Å². The highest BCUT2D eigenvalue weighted by atomic mass is 32.2. The Kier molecular flexibility index (Phi) is 4.20. The molecule has 1 aliphatic rings. The number of thioether (sulfide) groups is 1. The van der Waals surface area contributed by atoms with Crippen molar-refractivity contribution in [3.05, 3.63) is 59.2 Å². The van der Waals surface area contributed by atoms with Gasteiger partial charge in [0.2, 0.25) is 0 Å². The lowest BCUT2D eigenvalue weighted by atomic mass is 10.0. The van der Waals surface area contributed by atoms with Crippen LogP contribution in [-0.4, -0.2) is 25.8 Å². The van der Waals surface area contributed by atoms with E-state index in [0.29, 0.717) is 17.3 Å². The van der Waals surface area contributed by atoms with Gasteiger partial charge in [-0.05, 0) is 35.9 Å². The summed E-state index contributed by atoms with van der Waals surface area (Å²) >= 11 is 1.69. The lowest BCUT2D eigenvalue weighted by molar-refractivity contribution is 0.103. The van der Waals surface area contributed by atoms with Gasteiger partial charge < -0.3 is 9.47 Å². The zero-order valence-electron chi connectivity index (χ0n) is 12.5. The first kappa shape index (κ1) is 14.7. The van der Waals surface area contributed by atoms with Crippen molar-refractivity contribution in [2.24, 2.45) is 0 Å². The van der Waals surface area contributed by atoms with Gasteiger partial charge in [0.25, 0.3) is 0 Å². The van der Waals surface area contributed by atoms with Gasteiger partial charge in [-0.15, -0.1) is 11.8 Å². The van der Waals surface area contributed by atoms with Crippen LogP contribution in [0.15, 0.2) is 52.9 Å². The highest BCUT2D eigenvalue weighted by molar-refractivity contribution is 7.99. The standard InChI is InChI=1S/C18H16O3S/c1-20-15-8-7-12(10-16(15)21-2)9-13-11-22-17-6-4-3-5-14(17)18(13)19/h3-10H,11H2,1-2H3/b13-9+. The minimum atomic E-state index is 0.101. The molecule has 0 amide bonds. The fraction of sp³-hybridized carbons (Fsp3) is 0.167. The minimum absolute atomic E-state index is 0.101. The van der Waals surface area contributed by atoms with Gasteiger partial charge in [0.05, 0.1) is 14.2 Å². The van der Waals surface area contributed by atoms with Gasteiger partial charge in [-0.1, -0.05) is 18.2 Å². The Hall–Kier alpha value is -2.20. The van der Waals surface area contributed by atoms with Crippen LogP contribution in [0.3, 0.4) is 0 Å². The van der Waals surface area contributed by atoms with Crippen LogP contribution in [0.25, 0.3) is 6.08 Å². The molecule has 4 heteroatoms. The van der Waals surface area contributed by atoms with Crippen LogP contribution >= 0.6 is 11.8 Å². The molecule has 1 aliphatic heterocycles. The molecule has 2 aromatic carbocycles. The number of hydrogen-bond acceptors (Lipinski definition) is 4. The number of ether oxygens (including phenoxy) is 2. The van der Waals surface area contributed by atoms with Gasteiger partial charge in [-0.25, -0.2) is 0 Å². The normalized spacial score (nSPS) is 15.5. The van der Waals surface area contributed by atoms with Crippen LogP contribution in [0.1, 0.15) is 15.9 Å². The molecule has 0 atom stereocenters. The maximum atomic E-state index is 12.6. The summed E-state index contributed by atoms with van der Waals surface area (Å²) in [6.07, 6.45) is 1.92. The van der Waals surface area contributed by atoms with Crippen molar-refractivity contribution in [2.75, 3.05) is 20.0 Å². The number of rotatable bonds is 3. The summed E-state index contributed by atoms with van der Waals surface area (Å²) in [7, 11) is 3.21. The van der Waals surface area contributed by atoms with E-state index in [1.165, 1.54) is 0 Å². The molecule has 3 nitrogen and oxygen atoms in total. The molecule has 112 valence electrons. The molecule has 0 radical (unpaired) electrons. The third-order valence-electron chi connectivity index (χ3n) is 3.56. The molecule has 0 spiro atoms. The molecule has 0 saturated heterocycles. The van der Waals surface area contributed by atoms with E-state index in [1.54, 1.807) is 26.0 Å². The molecular weight excluding hydrogens is 296 g/mol. The molecule has 0 N–H and O–H groups in total. The lowest BCUT2D eigenvalue weighted by Crippen LogP contribution is -2.12. The van der Waals surface area contributed by atoms with Crippen LogP contribution in [0, 0.1) is 0 Å². The third kappa shape index (κ3) is 2.74. The van der Waals surface area contributed by atoms with E-state index in [9.17, 15) is 4.79 Å². The molecule has 2 aromatic rings. The minimum Gasteiger partial charge on any atom is -0.493 e. The number of hydrogen-bond donors (Lipinski definition) is 0. The smallest absolute Gasteiger partial charge is 0.191 e. The zero-order chi connectivity index (χ0) is 15.5. The topological polar surface area (TPSA) is 35.5 Å². The zero-order valence-corrected chi connectivity index (χ0v) is 13.3. The van der Waals surface area contributed by atoms with Gasteiger partial charge >= 0.3 is 0 Å². The third-order valence-corrected chi connectivity index (χ3v) is 4.68. The average Bonchev–Trinajstić information content (AvgIpc) is 2.57. The van der Waals surface area contributed by atoms with E-state index < -0.39 is 0 Å². The highest BCUT2D eigenvalue weighted by Crippen LogP contribution is 2.34. The van der Waals surface area contributed by atoms with Crippen LogP contribution < -0.4 is 9.47 Å². The van der Waals surface area contributed by atoms with Crippen LogP contribution in [0.5, 0.6) is 11.5 Å². The molecule has 1 heterocycles. The molecule has 22 heavy (non-hydrogen) atoms. The Balaban J connectivity index is 1.95. The number of ketones is 1. The molecule has 0 aromatic heterocycles. The van der Waals surface area contributed by atoms with Gasteiger partial charge in [0.15, 0.2) is 17.3 Å². The second-order valence-corrected chi connectivity index (χ2v) is 5.92. The maximum absolute atomic E-state index is 12.6.